The number of amides is 1. The highest BCUT2D eigenvalue weighted by Gasteiger charge is 2.53. The molecule has 1 aliphatic rings. The van der Waals surface area contributed by atoms with E-state index in [0.717, 1.165) is 21.3 Å². The van der Waals surface area contributed by atoms with Gasteiger partial charge in [-0.25, -0.2) is 9.36 Å². The Morgan fingerprint density at radius 2 is 1.44 bits per heavy atom. The minimum absolute atomic E-state index is 0.0102. The van der Waals surface area contributed by atoms with E-state index in [-0.39, 0.29) is 42.4 Å². The van der Waals surface area contributed by atoms with Gasteiger partial charge in [0.1, 0.15) is 5.41 Å². The summed E-state index contributed by atoms with van der Waals surface area (Å²) in [5.74, 6) is -0.844. The van der Waals surface area contributed by atoms with Crippen molar-refractivity contribution in [3.63, 3.8) is 0 Å². The number of anilines is 1. The molecule has 2 aromatic heterocycles. The number of carbonyl (C=O) groups excluding carboxylic acids is 2. The van der Waals surface area contributed by atoms with Crippen molar-refractivity contribution in [1.82, 2.24) is 18.7 Å². The number of aromatic nitrogens is 4. The number of hydrogen-bond acceptors (Lipinski definition) is 5. The van der Waals surface area contributed by atoms with Gasteiger partial charge in [-0.05, 0) is 46.1 Å². The van der Waals surface area contributed by atoms with Crippen LogP contribution in [0.15, 0.2) is 63.2 Å². The molecule has 0 unspecified atom stereocenters. The van der Waals surface area contributed by atoms with Gasteiger partial charge in [0.05, 0.1) is 6.54 Å². The van der Waals surface area contributed by atoms with E-state index >= 15 is 0 Å². The molecule has 0 saturated carbocycles. The van der Waals surface area contributed by atoms with Crippen LogP contribution in [0.1, 0.15) is 50.9 Å². The summed E-state index contributed by atoms with van der Waals surface area (Å²) in [4.78, 5) is 60.4. The molecule has 9 nitrogen and oxygen atoms in total. The van der Waals surface area contributed by atoms with Gasteiger partial charge in [-0.3, -0.25) is 28.4 Å². The second kappa shape index (κ2) is 9.22. The van der Waals surface area contributed by atoms with Crippen LogP contribution in [0.5, 0.6) is 0 Å². The molecule has 1 amide bonds. The first-order valence-corrected chi connectivity index (χ1v) is 11.9. The number of imidazole rings is 1. The molecule has 0 spiro atoms. The fourth-order valence-corrected chi connectivity index (χ4v) is 4.51. The van der Waals surface area contributed by atoms with E-state index in [1.807, 2.05) is 70.2 Å². The average molecular weight is 490 g/mol. The molecule has 1 aromatic carbocycles. The van der Waals surface area contributed by atoms with E-state index in [2.05, 4.69) is 4.98 Å². The van der Waals surface area contributed by atoms with E-state index < -0.39 is 22.6 Å². The molecule has 0 saturated heterocycles. The number of rotatable bonds is 6. The van der Waals surface area contributed by atoms with Gasteiger partial charge >= 0.3 is 5.69 Å². The smallest absolute Gasteiger partial charge is 0.279 e. The first kappa shape index (κ1) is 25.1. The van der Waals surface area contributed by atoms with Crippen LogP contribution >= 0.6 is 0 Å². The highest BCUT2D eigenvalue weighted by molar-refractivity contribution is 6.18. The third-order valence-electron chi connectivity index (χ3n) is 6.65. The zero-order chi connectivity index (χ0) is 26.4. The molecule has 36 heavy (non-hydrogen) atoms. The van der Waals surface area contributed by atoms with Crippen molar-refractivity contribution in [3.05, 3.63) is 80.0 Å². The van der Waals surface area contributed by atoms with Gasteiger partial charge in [0.2, 0.25) is 11.9 Å². The number of allylic oxidation sites excluding steroid dienone is 4. The normalized spacial score (nSPS) is 14.7. The molecule has 0 radical (unpaired) electrons. The predicted octanol–water partition coefficient (Wildman–Crippen LogP) is 3.32. The number of carbonyl (C=O) groups is 2. The van der Waals surface area contributed by atoms with Gasteiger partial charge in [-0.15, -0.1) is 0 Å². The van der Waals surface area contributed by atoms with Crippen molar-refractivity contribution in [2.75, 3.05) is 4.90 Å². The average Bonchev–Trinajstić information content (AvgIpc) is 3.25. The molecular formula is C27H31N5O4. The monoisotopic (exact) mass is 489 g/mol. The zero-order valence-electron chi connectivity index (χ0n) is 21.5. The minimum atomic E-state index is -1.47. The van der Waals surface area contributed by atoms with Crippen molar-refractivity contribution in [2.45, 2.75) is 47.1 Å². The number of aryl methyl sites for hydroxylation is 1. The fourth-order valence-electron chi connectivity index (χ4n) is 4.51. The van der Waals surface area contributed by atoms with Crippen LogP contribution in [-0.4, -0.2) is 30.5 Å². The second-order valence-electron chi connectivity index (χ2n) is 9.86. The highest BCUT2D eigenvalue weighted by atomic mass is 16.2. The molecule has 0 fully saturated rings. The maximum Gasteiger partial charge on any atom is 0.332 e. The third-order valence-corrected chi connectivity index (χ3v) is 6.65. The SMILES string of the molecule is CC(C)=CCC1(CC=C(C)C)C(=O)N(Cc2ccccc2)c2nc3c(c(=O)n(C)c(=O)n3C)n2C1=O. The van der Waals surface area contributed by atoms with Gasteiger partial charge in [0.15, 0.2) is 11.2 Å². The molecule has 0 N–H and O–H groups in total. The van der Waals surface area contributed by atoms with Gasteiger partial charge in [-0.1, -0.05) is 53.6 Å². The van der Waals surface area contributed by atoms with Gasteiger partial charge in [-0.2, -0.15) is 4.98 Å². The maximum atomic E-state index is 14.3. The molecule has 188 valence electrons. The third kappa shape index (κ3) is 3.94. The molecule has 3 heterocycles. The Kier molecular flexibility index (Phi) is 6.43. The predicted molar refractivity (Wildman–Crippen MR) is 139 cm³/mol. The summed E-state index contributed by atoms with van der Waals surface area (Å²) in [6, 6.07) is 9.40. The molecule has 1 aliphatic heterocycles. The molecule has 9 heteroatoms. The molecule has 3 aromatic rings. The van der Waals surface area contributed by atoms with E-state index in [0.29, 0.717) is 0 Å². The Hall–Kier alpha value is -4.01. The van der Waals surface area contributed by atoms with Crippen LogP contribution in [0.4, 0.5) is 5.95 Å². The number of fused-ring (bicyclic) bond motifs is 3. The van der Waals surface area contributed by atoms with E-state index in [1.165, 1.54) is 28.1 Å². The Bertz CT molecular complexity index is 1520. The number of hydrogen-bond donors (Lipinski definition) is 0. The Morgan fingerprint density at radius 3 is 2.00 bits per heavy atom. The van der Waals surface area contributed by atoms with Crippen molar-refractivity contribution >= 4 is 28.9 Å². The van der Waals surface area contributed by atoms with E-state index in [9.17, 15) is 19.2 Å². The lowest BCUT2D eigenvalue weighted by atomic mass is 9.76. The summed E-state index contributed by atoms with van der Waals surface area (Å²) in [6.07, 6.45) is 4.11. The molecule has 0 bridgehead atoms. The van der Waals surface area contributed by atoms with E-state index in [4.69, 9.17) is 0 Å². The summed E-state index contributed by atoms with van der Waals surface area (Å²) in [5, 5.41) is 0. The first-order chi connectivity index (χ1) is 17.0. The van der Waals surface area contributed by atoms with Crippen LogP contribution in [0.2, 0.25) is 0 Å². The van der Waals surface area contributed by atoms with Crippen molar-refractivity contribution in [3.8, 4) is 0 Å². The molecule has 4 rings (SSSR count). The summed E-state index contributed by atoms with van der Waals surface area (Å²) in [5.41, 5.74) is 0.191. The standard InChI is InChI=1S/C27H31N5O4/c1-17(2)12-14-27(15-13-18(3)4)23(34)31(16-19-10-8-7-9-11-19)25-28-21-20(32(25)24(27)35)22(33)30(6)26(36)29(21)5/h7-13H,14-16H2,1-6H3. The highest BCUT2D eigenvalue weighted by Crippen LogP contribution is 2.41. The maximum absolute atomic E-state index is 14.3. The fraction of sp³-hybridized carbons (Fsp3) is 0.370. The lowest BCUT2D eigenvalue weighted by Crippen LogP contribution is -2.55. The Balaban J connectivity index is 2.09. The first-order valence-electron chi connectivity index (χ1n) is 11.9. The topological polar surface area (TPSA) is 99.2 Å². The Labute approximate surface area is 209 Å². The summed E-state index contributed by atoms with van der Waals surface area (Å²) in [7, 11) is 2.86. The van der Waals surface area contributed by atoms with Crippen LogP contribution < -0.4 is 16.1 Å². The van der Waals surface area contributed by atoms with Gasteiger partial charge < -0.3 is 0 Å². The summed E-state index contributed by atoms with van der Waals surface area (Å²) >= 11 is 0. The second-order valence-corrected chi connectivity index (χ2v) is 9.86. The summed E-state index contributed by atoms with van der Waals surface area (Å²) < 4.78 is 3.43. The molecule has 0 aliphatic carbocycles. The number of nitrogens with zero attached hydrogens (tertiary/aromatic N) is 5. The molecular weight excluding hydrogens is 458 g/mol. The van der Waals surface area contributed by atoms with Crippen molar-refractivity contribution in [1.29, 1.82) is 0 Å². The van der Waals surface area contributed by atoms with Crippen LogP contribution in [0.3, 0.4) is 0 Å². The van der Waals surface area contributed by atoms with E-state index in [1.54, 1.807) is 0 Å². The van der Waals surface area contributed by atoms with Crippen LogP contribution in [0, 0.1) is 5.41 Å². The zero-order valence-corrected chi connectivity index (χ0v) is 21.5. The minimum Gasteiger partial charge on any atom is -0.279 e. The van der Waals surface area contributed by atoms with Gasteiger partial charge in [0, 0.05) is 14.1 Å². The molecule has 0 atom stereocenters. The lowest BCUT2D eigenvalue weighted by molar-refractivity contribution is -0.126. The van der Waals surface area contributed by atoms with Crippen LogP contribution in [-0.2, 0) is 25.4 Å². The summed E-state index contributed by atoms with van der Waals surface area (Å²) in [6.45, 7) is 7.82. The van der Waals surface area contributed by atoms with Crippen LogP contribution in [0.25, 0.3) is 11.2 Å². The van der Waals surface area contributed by atoms with Crippen molar-refractivity contribution in [2.24, 2.45) is 19.5 Å². The lowest BCUT2D eigenvalue weighted by Gasteiger charge is -2.39. The quantitative estimate of drug-likeness (QED) is 0.391. The van der Waals surface area contributed by atoms with Crippen molar-refractivity contribution < 1.29 is 9.59 Å². The Morgan fingerprint density at radius 1 is 0.861 bits per heavy atom. The number of benzene rings is 1. The van der Waals surface area contributed by atoms with Gasteiger partial charge in [0.25, 0.3) is 11.5 Å². The largest absolute Gasteiger partial charge is 0.332 e.